The molecule has 3 rings (SSSR count). The Kier molecular flexibility index (Phi) is 6.61. The molecule has 1 fully saturated rings. The number of aromatic nitrogens is 2. The number of rotatable bonds is 10. The number of hydrogen-bond donors (Lipinski definition) is 2. The van der Waals surface area contributed by atoms with Crippen molar-refractivity contribution in [1.29, 1.82) is 5.41 Å². The van der Waals surface area contributed by atoms with Gasteiger partial charge in [-0.1, -0.05) is 68.4 Å². The molecule has 0 bridgehead atoms. The zero-order valence-corrected chi connectivity index (χ0v) is 16.3. The van der Waals surface area contributed by atoms with E-state index in [1.807, 2.05) is 12.1 Å². The van der Waals surface area contributed by atoms with E-state index in [4.69, 9.17) is 15.7 Å². The van der Waals surface area contributed by atoms with E-state index >= 15 is 0 Å². The first kappa shape index (κ1) is 19.5. The Bertz CT molecular complexity index is 726. The van der Waals surface area contributed by atoms with E-state index in [0.717, 1.165) is 24.9 Å². The van der Waals surface area contributed by atoms with Gasteiger partial charge in [-0.25, -0.2) is 0 Å². The molecule has 1 aromatic carbocycles. The highest BCUT2D eigenvalue weighted by atomic mass is 16.5. The quantitative estimate of drug-likeness (QED) is 0.366. The minimum absolute atomic E-state index is 0.384. The molecule has 0 spiro atoms. The molecule has 6 heteroatoms. The third kappa shape index (κ3) is 4.56. The van der Waals surface area contributed by atoms with Crippen molar-refractivity contribution < 1.29 is 4.52 Å². The van der Waals surface area contributed by atoms with E-state index < -0.39 is 5.66 Å². The van der Waals surface area contributed by atoms with E-state index in [1.165, 1.54) is 50.4 Å². The van der Waals surface area contributed by atoms with Crippen LogP contribution in [0.4, 0.5) is 0 Å². The van der Waals surface area contributed by atoms with Crippen LogP contribution in [-0.4, -0.2) is 27.9 Å². The van der Waals surface area contributed by atoms with Crippen LogP contribution in [0.25, 0.3) is 11.4 Å². The monoisotopic (exact) mass is 369 g/mol. The van der Waals surface area contributed by atoms with Gasteiger partial charge in [0.2, 0.25) is 5.82 Å². The molecule has 2 heterocycles. The van der Waals surface area contributed by atoms with E-state index in [2.05, 4.69) is 29.2 Å². The Labute approximate surface area is 161 Å². The van der Waals surface area contributed by atoms with Crippen LogP contribution in [0.15, 0.2) is 28.8 Å². The number of hydrogen-bond acceptors (Lipinski definition) is 5. The fourth-order valence-corrected chi connectivity index (χ4v) is 3.72. The highest BCUT2D eigenvalue weighted by molar-refractivity contribution is 5.56. The predicted molar refractivity (Wildman–Crippen MR) is 107 cm³/mol. The topological polar surface area (TPSA) is 92.0 Å². The van der Waals surface area contributed by atoms with Gasteiger partial charge in [0.15, 0.2) is 5.66 Å². The number of unbranched alkanes of at least 4 members (excludes halogenated alkanes) is 5. The summed E-state index contributed by atoms with van der Waals surface area (Å²) in [6.45, 7) is 2.99. The van der Waals surface area contributed by atoms with Crippen molar-refractivity contribution in [2.45, 2.75) is 70.4 Å². The number of benzene rings is 1. The number of nitrogens with two attached hydrogens (primary N) is 1. The van der Waals surface area contributed by atoms with Crippen molar-refractivity contribution in [3.63, 3.8) is 0 Å². The fraction of sp³-hybridized carbons (Fsp3) is 0.571. The first-order chi connectivity index (χ1) is 13.2. The second kappa shape index (κ2) is 9.13. The number of nitrogens with one attached hydrogen (secondary N) is 1. The lowest BCUT2D eigenvalue weighted by atomic mass is 10.0. The summed E-state index contributed by atoms with van der Waals surface area (Å²) in [7, 11) is 0. The summed E-state index contributed by atoms with van der Waals surface area (Å²) >= 11 is 0. The molecular formula is C21H31N5O. The van der Waals surface area contributed by atoms with Crippen LogP contribution in [0, 0.1) is 5.41 Å². The molecule has 146 valence electrons. The van der Waals surface area contributed by atoms with Crippen molar-refractivity contribution in [3.8, 4) is 11.4 Å². The molecule has 27 heavy (non-hydrogen) atoms. The maximum absolute atomic E-state index is 7.53. The standard InChI is InChI=1S/C21H31N5O/c1-2-3-4-5-6-7-9-17-10-12-18(13-11-17)19-24-20(27-25-19)21(23)14-8-15-26(21)16-22/h10-13,16,22H,2-9,14-15,23H2,1H3/t21-/m0/s1. The van der Waals surface area contributed by atoms with Crippen molar-refractivity contribution >= 4 is 6.34 Å². The predicted octanol–water partition coefficient (Wildman–Crippen LogP) is 4.45. The minimum atomic E-state index is -0.856. The van der Waals surface area contributed by atoms with Crippen molar-refractivity contribution in [2.24, 2.45) is 5.73 Å². The van der Waals surface area contributed by atoms with Crippen molar-refractivity contribution in [2.75, 3.05) is 6.54 Å². The van der Waals surface area contributed by atoms with Gasteiger partial charge in [-0.3, -0.25) is 5.41 Å². The van der Waals surface area contributed by atoms with Crippen LogP contribution < -0.4 is 5.73 Å². The average molecular weight is 370 g/mol. The van der Waals surface area contributed by atoms with E-state index in [-0.39, 0.29) is 0 Å². The maximum atomic E-state index is 7.53. The highest BCUT2D eigenvalue weighted by Crippen LogP contribution is 2.32. The molecule has 1 atom stereocenters. The SMILES string of the molecule is CCCCCCCCc1ccc(-c2noc([C@]3(N)CCCN3C=N)n2)cc1. The van der Waals surface area contributed by atoms with Crippen LogP contribution in [-0.2, 0) is 12.1 Å². The molecule has 1 aliphatic rings. The molecule has 1 aliphatic heterocycles. The molecule has 6 nitrogen and oxygen atoms in total. The first-order valence-corrected chi connectivity index (χ1v) is 10.2. The average Bonchev–Trinajstić information content (AvgIpc) is 3.33. The van der Waals surface area contributed by atoms with E-state index in [0.29, 0.717) is 18.1 Å². The summed E-state index contributed by atoms with van der Waals surface area (Å²) < 4.78 is 5.45. The molecule has 2 aromatic rings. The Morgan fingerprint density at radius 3 is 2.67 bits per heavy atom. The zero-order valence-electron chi connectivity index (χ0n) is 16.3. The summed E-state index contributed by atoms with van der Waals surface area (Å²) in [5, 5.41) is 11.6. The lowest BCUT2D eigenvalue weighted by Gasteiger charge is -2.28. The third-order valence-corrected chi connectivity index (χ3v) is 5.45. The number of nitrogens with zero attached hydrogens (tertiary/aromatic N) is 3. The third-order valence-electron chi connectivity index (χ3n) is 5.45. The fourth-order valence-electron chi connectivity index (χ4n) is 3.72. The molecule has 1 aromatic heterocycles. The van der Waals surface area contributed by atoms with E-state index in [1.54, 1.807) is 4.90 Å². The van der Waals surface area contributed by atoms with Crippen molar-refractivity contribution in [3.05, 3.63) is 35.7 Å². The molecule has 0 radical (unpaired) electrons. The Balaban J connectivity index is 1.58. The molecule has 0 saturated carbocycles. The highest BCUT2D eigenvalue weighted by Gasteiger charge is 2.42. The van der Waals surface area contributed by atoms with Crippen LogP contribution in [0.5, 0.6) is 0 Å². The van der Waals surface area contributed by atoms with Crippen molar-refractivity contribution in [1.82, 2.24) is 15.0 Å². The Hall–Kier alpha value is -2.21. The normalized spacial score (nSPS) is 19.6. The summed E-state index contributed by atoms with van der Waals surface area (Å²) in [5.74, 6) is 0.937. The van der Waals surface area contributed by atoms with Gasteiger partial charge in [-0.2, -0.15) is 4.98 Å². The van der Waals surface area contributed by atoms with Gasteiger partial charge in [0.25, 0.3) is 5.89 Å². The maximum Gasteiger partial charge on any atom is 0.267 e. The summed E-state index contributed by atoms with van der Waals surface area (Å²) in [5.41, 5.74) is 7.85. The lowest BCUT2D eigenvalue weighted by molar-refractivity contribution is 0.176. The van der Waals surface area contributed by atoms with Gasteiger partial charge in [0.05, 0.1) is 6.34 Å². The summed E-state index contributed by atoms with van der Waals surface area (Å²) in [6.07, 6.45) is 11.9. The van der Waals surface area contributed by atoms with Gasteiger partial charge in [0.1, 0.15) is 0 Å². The van der Waals surface area contributed by atoms with Gasteiger partial charge >= 0.3 is 0 Å². The summed E-state index contributed by atoms with van der Waals surface area (Å²) in [6, 6.07) is 8.39. The van der Waals surface area contributed by atoms with Gasteiger partial charge < -0.3 is 15.2 Å². The van der Waals surface area contributed by atoms with Crippen LogP contribution in [0.1, 0.15) is 69.7 Å². The largest absolute Gasteiger partial charge is 0.337 e. The molecule has 3 N–H and O–H groups in total. The minimum Gasteiger partial charge on any atom is -0.337 e. The molecule has 0 amide bonds. The van der Waals surface area contributed by atoms with Gasteiger partial charge in [-0.15, -0.1) is 0 Å². The molecule has 0 aliphatic carbocycles. The van der Waals surface area contributed by atoms with Gasteiger partial charge in [-0.05, 0) is 31.2 Å². The second-order valence-electron chi connectivity index (χ2n) is 7.49. The van der Waals surface area contributed by atoms with E-state index in [9.17, 15) is 0 Å². The summed E-state index contributed by atoms with van der Waals surface area (Å²) in [4.78, 5) is 6.28. The smallest absolute Gasteiger partial charge is 0.267 e. The van der Waals surface area contributed by atoms with Gasteiger partial charge in [0, 0.05) is 12.1 Å². The second-order valence-corrected chi connectivity index (χ2v) is 7.49. The Morgan fingerprint density at radius 2 is 1.93 bits per heavy atom. The molecular weight excluding hydrogens is 338 g/mol. The van der Waals surface area contributed by atoms with Crippen LogP contribution in [0.2, 0.25) is 0 Å². The number of aryl methyl sites for hydroxylation is 1. The zero-order chi connectivity index (χ0) is 19.1. The van der Waals surface area contributed by atoms with Crippen LogP contribution >= 0.6 is 0 Å². The lowest BCUT2D eigenvalue weighted by Crippen LogP contribution is -2.48. The molecule has 1 saturated heterocycles. The molecule has 0 unspecified atom stereocenters. The Morgan fingerprint density at radius 1 is 1.19 bits per heavy atom. The first-order valence-electron chi connectivity index (χ1n) is 10.2. The number of likely N-dealkylation sites (tertiary alicyclic amines) is 1. The van der Waals surface area contributed by atoms with Crippen LogP contribution in [0.3, 0.4) is 0 Å².